The van der Waals surface area contributed by atoms with Crippen molar-refractivity contribution in [3.05, 3.63) is 49.1 Å². The summed E-state index contributed by atoms with van der Waals surface area (Å²) in [7, 11) is 0. The molecule has 3 nitrogen and oxygen atoms in total. The first-order valence-corrected chi connectivity index (χ1v) is 4.77. The molecule has 0 unspecified atom stereocenters. The van der Waals surface area contributed by atoms with E-state index in [0.29, 0.717) is 0 Å². The fourth-order valence-electron chi connectivity index (χ4n) is 1.75. The van der Waals surface area contributed by atoms with E-state index in [4.69, 9.17) is 0 Å². The molecule has 15 heavy (non-hydrogen) atoms. The number of aromatic amines is 1. The first-order valence-electron chi connectivity index (χ1n) is 4.77. The van der Waals surface area contributed by atoms with Crippen molar-refractivity contribution >= 4 is 10.9 Å². The van der Waals surface area contributed by atoms with Gasteiger partial charge in [-0.05, 0) is 12.1 Å². The van der Waals surface area contributed by atoms with Crippen LogP contribution in [0.5, 0.6) is 0 Å². The summed E-state index contributed by atoms with van der Waals surface area (Å²) in [4.78, 5) is 11.4. The highest BCUT2D eigenvalue weighted by atomic mass is 14.8. The molecular formula is C12H9N3. The van der Waals surface area contributed by atoms with Gasteiger partial charge in [-0.1, -0.05) is 18.2 Å². The molecule has 0 radical (unpaired) electrons. The largest absolute Gasteiger partial charge is 0.361 e. The van der Waals surface area contributed by atoms with Gasteiger partial charge in [0.25, 0.3) is 0 Å². The molecule has 0 saturated heterocycles. The maximum Gasteiger partial charge on any atom is 0.116 e. The molecule has 72 valence electrons. The number of nitrogens with one attached hydrogen (secondary N) is 1. The van der Waals surface area contributed by atoms with Crippen molar-refractivity contribution < 1.29 is 0 Å². The molecule has 0 atom stereocenters. The predicted octanol–water partition coefficient (Wildman–Crippen LogP) is 2.62. The summed E-state index contributed by atoms with van der Waals surface area (Å²) in [5.74, 6) is 0. The zero-order valence-corrected chi connectivity index (χ0v) is 8.01. The Hall–Kier alpha value is -2.16. The number of nitrogens with zero attached hydrogens (tertiary/aromatic N) is 2. The molecule has 0 bridgehead atoms. The molecular weight excluding hydrogens is 186 g/mol. The molecule has 3 rings (SSSR count). The standard InChI is InChI=1S/C12H9N3/c1-2-9-4-7-14-12(9)10(3-1)11-5-6-13-8-15-11/h1-8,14H. The molecule has 0 saturated carbocycles. The Bertz CT molecular complexity index is 584. The fourth-order valence-corrected chi connectivity index (χ4v) is 1.75. The highest BCUT2D eigenvalue weighted by Crippen LogP contribution is 2.25. The number of hydrogen-bond acceptors (Lipinski definition) is 2. The Labute approximate surface area is 86.8 Å². The van der Waals surface area contributed by atoms with Crippen LogP contribution in [0.15, 0.2) is 49.1 Å². The second-order valence-electron chi connectivity index (χ2n) is 3.34. The number of aromatic nitrogens is 3. The van der Waals surface area contributed by atoms with Crippen molar-refractivity contribution in [3.8, 4) is 11.3 Å². The third-order valence-corrected chi connectivity index (χ3v) is 2.45. The SMILES string of the molecule is c1cc(-c2ccncn2)c2[nH]ccc2c1. The molecule has 2 heterocycles. The van der Waals surface area contributed by atoms with E-state index in [9.17, 15) is 0 Å². The van der Waals surface area contributed by atoms with E-state index in [0.717, 1.165) is 16.8 Å². The lowest BCUT2D eigenvalue weighted by molar-refractivity contribution is 1.17. The minimum atomic E-state index is 0.943. The maximum absolute atomic E-state index is 4.25. The van der Waals surface area contributed by atoms with Gasteiger partial charge in [-0.2, -0.15) is 0 Å². The van der Waals surface area contributed by atoms with Gasteiger partial charge in [-0.25, -0.2) is 9.97 Å². The van der Waals surface area contributed by atoms with Gasteiger partial charge < -0.3 is 4.98 Å². The Balaban J connectivity index is 2.31. The predicted molar refractivity (Wildman–Crippen MR) is 59.3 cm³/mol. The van der Waals surface area contributed by atoms with Crippen LogP contribution < -0.4 is 0 Å². The first-order chi connectivity index (χ1) is 7.45. The second-order valence-corrected chi connectivity index (χ2v) is 3.34. The molecule has 0 aliphatic heterocycles. The van der Waals surface area contributed by atoms with Crippen LogP contribution in [0, 0.1) is 0 Å². The molecule has 0 spiro atoms. The molecule has 0 aliphatic carbocycles. The van der Waals surface area contributed by atoms with Crippen LogP contribution in [0.3, 0.4) is 0 Å². The van der Waals surface area contributed by atoms with Gasteiger partial charge >= 0.3 is 0 Å². The van der Waals surface area contributed by atoms with Crippen LogP contribution in [0.1, 0.15) is 0 Å². The minimum Gasteiger partial charge on any atom is -0.361 e. The van der Waals surface area contributed by atoms with Gasteiger partial charge in [0.15, 0.2) is 0 Å². The van der Waals surface area contributed by atoms with Crippen LogP contribution in [0.2, 0.25) is 0 Å². The quantitative estimate of drug-likeness (QED) is 0.648. The Morgan fingerprint density at radius 1 is 1.07 bits per heavy atom. The van der Waals surface area contributed by atoms with E-state index in [1.807, 2.05) is 18.3 Å². The van der Waals surface area contributed by atoms with E-state index in [1.165, 1.54) is 5.39 Å². The van der Waals surface area contributed by atoms with Crippen molar-refractivity contribution in [1.82, 2.24) is 15.0 Å². The Morgan fingerprint density at radius 2 is 2.07 bits per heavy atom. The van der Waals surface area contributed by atoms with Gasteiger partial charge in [0.05, 0.1) is 11.2 Å². The third kappa shape index (κ3) is 1.29. The van der Waals surface area contributed by atoms with E-state index in [1.54, 1.807) is 12.5 Å². The molecule has 3 aromatic rings. The average molecular weight is 195 g/mol. The zero-order valence-electron chi connectivity index (χ0n) is 8.01. The average Bonchev–Trinajstić information content (AvgIpc) is 2.78. The smallest absolute Gasteiger partial charge is 0.116 e. The fraction of sp³-hybridized carbons (Fsp3) is 0. The molecule has 1 N–H and O–H groups in total. The molecule has 2 aromatic heterocycles. The summed E-state index contributed by atoms with van der Waals surface area (Å²) in [6, 6.07) is 10.1. The van der Waals surface area contributed by atoms with Gasteiger partial charge in [0, 0.05) is 23.3 Å². The van der Waals surface area contributed by atoms with Crippen molar-refractivity contribution in [2.24, 2.45) is 0 Å². The number of benzene rings is 1. The summed E-state index contributed by atoms with van der Waals surface area (Å²) < 4.78 is 0. The van der Waals surface area contributed by atoms with Crippen LogP contribution in [0.25, 0.3) is 22.2 Å². The van der Waals surface area contributed by atoms with Crippen molar-refractivity contribution in [1.29, 1.82) is 0 Å². The summed E-state index contributed by atoms with van der Waals surface area (Å²) in [5, 5.41) is 1.20. The lowest BCUT2D eigenvalue weighted by Crippen LogP contribution is -1.84. The van der Waals surface area contributed by atoms with E-state index < -0.39 is 0 Å². The molecule has 0 amide bonds. The lowest BCUT2D eigenvalue weighted by Gasteiger charge is -2.01. The number of hydrogen-bond donors (Lipinski definition) is 1. The van der Waals surface area contributed by atoms with E-state index in [2.05, 4.69) is 33.2 Å². The topological polar surface area (TPSA) is 41.6 Å². The van der Waals surface area contributed by atoms with Crippen LogP contribution in [-0.4, -0.2) is 15.0 Å². The Kier molecular flexibility index (Phi) is 1.75. The monoisotopic (exact) mass is 195 g/mol. The number of fused-ring (bicyclic) bond motifs is 1. The first kappa shape index (κ1) is 8.17. The van der Waals surface area contributed by atoms with Crippen LogP contribution in [0.4, 0.5) is 0 Å². The molecule has 0 aliphatic rings. The summed E-state index contributed by atoms with van der Waals surface area (Å²) in [6.07, 6.45) is 5.26. The van der Waals surface area contributed by atoms with E-state index >= 15 is 0 Å². The number of rotatable bonds is 1. The number of H-pyrrole nitrogens is 1. The normalized spacial score (nSPS) is 10.7. The highest BCUT2D eigenvalue weighted by Gasteiger charge is 2.04. The van der Waals surface area contributed by atoms with Gasteiger partial charge in [0.1, 0.15) is 6.33 Å². The molecule has 3 heteroatoms. The summed E-state index contributed by atoms with van der Waals surface area (Å²) in [6.45, 7) is 0. The van der Waals surface area contributed by atoms with Crippen molar-refractivity contribution in [2.75, 3.05) is 0 Å². The van der Waals surface area contributed by atoms with E-state index in [-0.39, 0.29) is 0 Å². The van der Waals surface area contributed by atoms with Gasteiger partial charge in [-0.3, -0.25) is 0 Å². The lowest BCUT2D eigenvalue weighted by atomic mass is 10.1. The van der Waals surface area contributed by atoms with Crippen molar-refractivity contribution in [2.45, 2.75) is 0 Å². The molecule has 1 aromatic carbocycles. The summed E-state index contributed by atoms with van der Waals surface area (Å²) >= 11 is 0. The minimum absolute atomic E-state index is 0.943. The summed E-state index contributed by atoms with van der Waals surface area (Å²) in [5.41, 5.74) is 3.18. The highest BCUT2D eigenvalue weighted by molar-refractivity contribution is 5.92. The van der Waals surface area contributed by atoms with Crippen LogP contribution in [-0.2, 0) is 0 Å². The van der Waals surface area contributed by atoms with Crippen LogP contribution >= 0.6 is 0 Å². The van der Waals surface area contributed by atoms with Crippen molar-refractivity contribution in [3.63, 3.8) is 0 Å². The number of para-hydroxylation sites is 1. The second kappa shape index (κ2) is 3.20. The maximum atomic E-state index is 4.25. The molecule has 0 fully saturated rings. The van der Waals surface area contributed by atoms with Gasteiger partial charge in [-0.15, -0.1) is 0 Å². The Morgan fingerprint density at radius 3 is 2.93 bits per heavy atom. The zero-order chi connectivity index (χ0) is 10.1. The third-order valence-electron chi connectivity index (χ3n) is 2.45. The van der Waals surface area contributed by atoms with Gasteiger partial charge in [0.2, 0.25) is 0 Å².